The van der Waals surface area contributed by atoms with Gasteiger partial charge in [0.2, 0.25) is 5.91 Å². The van der Waals surface area contributed by atoms with Gasteiger partial charge in [-0.1, -0.05) is 13.0 Å². The van der Waals surface area contributed by atoms with Crippen LogP contribution >= 0.6 is 11.3 Å². The van der Waals surface area contributed by atoms with Gasteiger partial charge in [0, 0.05) is 49.6 Å². The molecule has 2 aromatic heterocycles. The predicted molar refractivity (Wildman–Crippen MR) is 95.4 cm³/mol. The second-order valence-corrected chi connectivity index (χ2v) is 7.08. The molecule has 1 amide bonds. The van der Waals surface area contributed by atoms with Gasteiger partial charge in [0.1, 0.15) is 0 Å². The van der Waals surface area contributed by atoms with Gasteiger partial charge in [-0.05, 0) is 25.3 Å². The Morgan fingerprint density at radius 3 is 3.04 bits per heavy atom. The van der Waals surface area contributed by atoms with Crippen LogP contribution in [-0.4, -0.2) is 33.4 Å². The fourth-order valence-corrected chi connectivity index (χ4v) is 4.13. The first-order valence-corrected chi connectivity index (χ1v) is 9.43. The fraction of sp³-hybridized carbons (Fsp3) is 0.500. The molecule has 24 heavy (non-hydrogen) atoms. The Hall–Kier alpha value is -1.95. The van der Waals surface area contributed by atoms with Crippen molar-refractivity contribution in [1.29, 1.82) is 0 Å². The number of nitrogens with zero attached hydrogens (tertiary/aromatic N) is 3. The zero-order chi connectivity index (χ0) is 16.9. The number of pyridine rings is 1. The molecule has 0 radical (unpaired) electrons. The van der Waals surface area contributed by atoms with Gasteiger partial charge in [0.15, 0.2) is 0 Å². The number of hydrogen-bond donors (Lipinski definition) is 0. The molecule has 0 aliphatic carbocycles. The SMILES string of the molecule is CCc1csc([C@H]2CCCN(C(=O)CCn3ccccc3=O)C2)n1. The van der Waals surface area contributed by atoms with Crippen LogP contribution in [0.4, 0.5) is 0 Å². The van der Waals surface area contributed by atoms with Crippen molar-refractivity contribution in [2.45, 2.75) is 45.1 Å². The van der Waals surface area contributed by atoms with E-state index in [-0.39, 0.29) is 11.5 Å². The summed E-state index contributed by atoms with van der Waals surface area (Å²) in [6, 6.07) is 5.06. The predicted octanol–water partition coefficient (Wildman–Crippen LogP) is 2.66. The van der Waals surface area contributed by atoms with Crippen LogP contribution in [-0.2, 0) is 17.8 Å². The van der Waals surface area contributed by atoms with Crippen LogP contribution < -0.4 is 5.56 Å². The van der Waals surface area contributed by atoms with Crippen LogP contribution in [0, 0.1) is 0 Å². The molecule has 0 bridgehead atoms. The van der Waals surface area contributed by atoms with Crippen molar-refractivity contribution in [2.24, 2.45) is 0 Å². The molecule has 0 spiro atoms. The van der Waals surface area contributed by atoms with Crippen molar-refractivity contribution >= 4 is 17.2 Å². The molecule has 3 rings (SSSR count). The van der Waals surface area contributed by atoms with Crippen molar-refractivity contribution in [3.63, 3.8) is 0 Å². The molecule has 0 unspecified atom stereocenters. The monoisotopic (exact) mass is 345 g/mol. The maximum absolute atomic E-state index is 12.5. The minimum absolute atomic E-state index is 0.0586. The number of rotatable bonds is 5. The number of hydrogen-bond acceptors (Lipinski definition) is 4. The molecule has 1 aliphatic heterocycles. The van der Waals surface area contributed by atoms with Gasteiger partial charge in [0.05, 0.1) is 10.7 Å². The average molecular weight is 345 g/mol. The van der Waals surface area contributed by atoms with Crippen molar-refractivity contribution in [3.8, 4) is 0 Å². The molecule has 2 aromatic rings. The molecule has 0 saturated carbocycles. The second kappa shape index (κ2) is 7.75. The van der Waals surface area contributed by atoms with Crippen LogP contribution in [0.5, 0.6) is 0 Å². The molecule has 1 fully saturated rings. The molecule has 0 aromatic carbocycles. The van der Waals surface area contributed by atoms with Gasteiger partial charge in [0.25, 0.3) is 5.56 Å². The summed E-state index contributed by atoms with van der Waals surface area (Å²) in [7, 11) is 0. The topological polar surface area (TPSA) is 55.2 Å². The van der Waals surface area contributed by atoms with Crippen molar-refractivity contribution in [2.75, 3.05) is 13.1 Å². The molecule has 1 atom stereocenters. The highest BCUT2D eigenvalue weighted by molar-refractivity contribution is 7.09. The third-order valence-electron chi connectivity index (χ3n) is 4.52. The number of likely N-dealkylation sites (tertiary alicyclic amines) is 1. The summed E-state index contributed by atoms with van der Waals surface area (Å²) >= 11 is 1.71. The number of carbonyl (C=O) groups excluding carboxylic acids is 1. The van der Waals surface area contributed by atoms with E-state index < -0.39 is 0 Å². The third-order valence-corrected chi connectivity index (χ3v) is 5.58. The van der Waals surface area contributed by atoms with Crippen LogP contribution in [0.25, 0.3) is 0 Å². The number of amides is 1. The Balaban J connectivity index is 1.58. The molecule has 0 N–H and O–H groups in total. The smallest absolute Gasteiger partial charge is 0.250 e. The molecule has 6 heteroatoms. The normalized spacial score (nSPS) is 17.9. The summed E-state index contributed by atoms with van der Waals surface area (Å²) in [6.07, 6.45) is 5.17. The number of thiazole rings is 1. The summed E-state index contributed by atoms with van der Waals surface area (Å²) in [4.78, 5) is 30.8. The third kappa shape index (κ3) is 3.93. The summed E-state index contributed by atoms with van der Waals surface area (Å²) in [5.74, 6) is 0.482. The molecule has 1 saturated heterocycles. The Morgan fingerprint density at radius 2 is 2.29 bits per heavy atom. The highest BCUT2D eigenvalue weighted by atomic mass is 32.1. The van der Waals surface area contributed by atoms with Gasteiger partial charge < -0.3 is 9.47 Å². The van der Waals surface area contributed by atoms with E-state index in [1.165, 1.54) is 6.07 Å². The summed E-state index contributed by atoms with van der Waals surface area (Å²) in [5, 5.41) is 3.28. The number of carbonyl (C=O) groups is 1. The Labute approximate surface area is 146 Å². The van der Waals surface area contributed by atoms with E-state index in [2.05, 4.69) is 17.3 Å². The Bertz CT molecular complexity index is 752. The number of aryl methyl sites for hydroxylation is 2. The van der Waals surface area contributed by atoms with E-state index in [0.29, 0.717) is 18.9 Å². The maximum Gasteiger partial charge on any atom is 0.250 e. The molecular weight excluding hydrogens is 322 g/mol. The van der Waals surface area contributed by atoms with Gasteiger partial charge in [-0.3, -0.25) is 9.59 Å². The van der Waals surface area contributed by atoms with Gasteiger partial charge >= 0.3 is 0 Å². The molecule has 128 valence electrons. The van der Waals surface area contributed by atoms with Gasteiger partial charge in [-0.15, -0.1) is 11.3 Å². The van der Waals surface area contributed by atoms with Crippen LogP contribution in [0.3, 0.4) is 0 Å². The van der Waals surface area contributed by atoms with E-state index in [0.717, 1.165) is 43.1 Å². The quantitative estimate of drug-likeness (QED) is 0.837. The largest absolute Gasteiger partial charge is 0.342 e. The molecule has 3 heterocycles. The van der Waals surface area contributed by atoms with E-state index in [1.807, 2.05) is 11.0 Å². The molecular formula is C18H23N3O2S. The maximum atomic E-state index is 12.5. The van der Waals surface area contributed by atoms with Crippen LogP contribution in [0.1, 0.15) is 42.8 Å². The minimum atomic E-state index is -0.0586. The average Bonchev–Trinajstić information content (AvgIpc) is 3.10. The number of aromatic nitrogens is 2. The van der Waals surface area contributed by atoms with Crippen molar-refractivity contribution in [1.82, 2.24) is 14.5 Å². The van der Waals surface area contributed by atoms with E-state index in [9.17, 15) is 9.59 Å². The number of piperidine rings is 1. The molecule has 1 aliphatic rings. The first-order chi connectivity index (χ1) is 11.7. The highest BCUT2D eigenvalue weighted by Gasteiger charge is 2.26. The van der Waals surface area contributed by atoms with E-state index >= 15 is 0 Å². The Morgan fingerprint density at radius 1 is 1.42 bits per heavy atom. The minimum Gasteiger partial charge on any atom is -0.342 e. The lowest BCUT2D eigenvalue weighted by atomic mass is 9.98. The van der Waals surface area contributed by atoms with E-state index in [1.54, 1.807) is 28.2 Å². The van der Waals surface area contributed by atoms with Crippen molar-refractivity contribution in [3.05, 3.63) is 50.8 Å². The first kappa shape index (κ1) is 16.9. The lowest BCUT2D eigenvalue weighted by Crippen LogP contribution is -2.39. The first-order valence-electron chi connectivity index (χ1n) is 8.55. The zero-order valence-electron chi connectivity index (χ0n) is 14.0. The highest BCUT2D eigenvalue weighted by Crippen LogP contribution is 2.29. The Kier molecular flexibility index (Phi) is 5.45. The summed E-state index contributed by atoms with van der Waals surface area (Å²) < 4.78 is 1.59. The van der Waals surface area contributed by atoms with Crippen LogP contribution in [0.15, 0.2) is 34.6 Å². The van der Waals surface area contributed by atoms with Gasteiger partial charge in [-0.2, -0.15) is 0 Å². The van der Waals surface area contributed by atoms with Crippen molar-refractivity contribution < 1.29 is 4.79 Å². The lowest BCUT2D eigenvalue weighted by molar-refractivity contribution is -0.132. The molecule has 5 nitrogen and oxygen atoms in total. The van der Waals surface area contributed by atoms with Crippen LogP contribution in [0.2, 0.25) is 0 Å². The fourth-order valence-electron chi connectivity index (χ4n) is 3.10. The van der Waals surface area contributed by atoms with E-state index in [4.69, 9.17) is 0 Å². The summed E-state index contributed by atoms with van der Waals surface area (Å²) in [6.45, 7) is 4.11. The zero-order valence-corrected chi connectivity index (χ0v) is 14.8. The summed E-state index contributed by atoms with van der Waals surface area (Å²) in [5.41, 5.74) is 1.08. The lowest BCUT2D eigenvalue weighted by Gasteiger charge is -2.32. The standard InChI is InChI=1S/C18H23N3O2S/c1-2-15-13-24-18(19-15)14-6-5-10-21(12-14)17(23)8-11-20-9-4-3-7-16(20)22/h3-4,7,9,13-14H,2,5-6,8,10-12H2,1H3/t14-/m0/s1. The van der Waals surface area contributed by atoms with Gasteiger partial charge in [-0.25, -0.2) is 4.98 Å². The second-order valence-electron chi connectivity index (χ2n) is 6.19.